The number of nitrogens with one attached hydrogen (secondary N) is 1. The van der Waals surface area contributed by atoms with Crippen LogP contribution in [0.3, 0.4) is 0 Å². The smallest absolute Gasteiger partial charge is 0.141 e. The van der Waals surface area contributed by atoms with Gasteiger partial charge in [0.15, 0.2) is 0 Å². The maximum Gasteiger partial charge on any atom is 0.141 e. The van der Waals surface area contributed by atoms with Gasteiger partial charge in [0, 0.05) is 19.3 Å². The molecule has 1 fully saturated rings. The van der Waals surface area contributed by atoms with Crippen LogP contribution in [0.2, 0.25) is 0 Å². The van der Waals surface area contributed by atoms with Crippen LogP contribution in [0.25, 0.3) is 0 Å². The van der Waals surface area contributed by atoms with Gasteiger partial charge in [0.2, 0.25) is 0 Å². The van der Waals surface area contributed by atoms with E-state index in [0.29, 0.717) is 13.1 Å². The van der Waals surface area contributed by atoms with Gasteiger partial charge in [-0.2, -0.15) is 0 Å². The van der Waals surface area contributed by atoms with E-state index >= 15 is 0 Å². The van der Waals surface area contributed by atoms with Crippen LogP contribution in [0.5, 0.6) is 0 Å². The number of nitrogens with zero attached hydrogens (tertiary/aromatic N) is 1. The lowest BCUT2D eigenvalue weighted by Crippen LogP contribution is -2.43. The first kappa shape index (κ1) is 13.4. The highest BCUT2D eigenvalue weighted by Crippen LogP contribution is 2.31. The van der Waals surface area contributed by atoms with E-state index in [1.165, 1.54) is 12.3 Å². The number of aromatic nitrogens is 1. The molecule has 0 spiro atoms. The lowest BCUT2D eigenvalue weighted by Gasteiger charge is -2.35. The van der Waals surface area contributed by atoms with Gasteiger partial charge in [-0.05, 0) is 43.2 Å². The van der Waals surface area contributed by atoms with Gasteiger partial charge in [0.05, 0.1) is 11.8 Å². The molecule has 2 N–H and O–H groups in total. The highest BCUT2D eigenvalue weighted by atomic mass is 19.1. The summed E-state index contributed by atoms with van der Waals surface area (Å²) >= 11 is 0. The van der Waals surface area contributed by atoms with Gasteiger partial charge in [-0.1, -0.05) is 6.92 Å². The molecule has 1 aliphatic carbocycles. The Bertz CT molecular complexity index is 389. The van der Waals surface area contributed by atoms with Crippen LogP contribution in [0.15, 0.2) is 18.5 Å². The van der Waals surface area contributed by atoms with Gasteiger partial charge in [-0.15, -0.1) is 0 Å². The minimum atomic E-state index is -0.590. The van der Waals surface area contributed by atoms with Gasteiger partial charge in [-0.3, -0.25) is 4.98 Å². The van der Waals surface area contributed by atoms with Crippen LogP contribution >= 0.6 is 0 Å². The van der Waals surface area contributed by atoms with Crippen LogP contribution < -0.4 is 5.32 Å². The molecule has 0 amide bonds. The standard InChI is InChI=1S/C14H21FN2O/c1-11-2-4-14(18,5-3-11)10-17-8-12-6-13(15)9-16-7-12/h6-7,9,11,17-18H,2-5,8,10H2,1H3. The molecule has 100 valence electrons. The second-order valence-electron chi connectivity index (χ2n) is 5.52. The summed E-state index contributed by atoms with van der Waals surface area (Å²) in [5.41, 5.74) is 0.218. The SMILES string of the molecule is CC1CCC(O)(CNCc2cncc(F)c2)CC1. The zero-order valence-corrected chi connectivity index (χ0v) is 10.8. The fourth-order valence-corrected chi connectivity index (χ4v) is 2.47. The molecule has 3 nitrogen and oxygen atoms in total. The highest BCUT2D eigenvalue weighted by Gasteiger charge is 2.31. The monoisotopic (exact) mass is 252 g/mol. The highest BCUT2D eigenvalue weighted by molar-refractivity contribution is 5.09. The number of pyridine rings is 1. The van der Waals surface area contributed by atoms with Crippen molar-refractivity contribution in [3.63, 3.8) is 0 Å². The summed E-state index contributed by atoms with van der Waals surface area (Å²) in [7, 11) is 0. The van der Waals surface area contributed by atoms with Crippen LogP contribution in [-0.2, 0) is 6.54 Å². The Morgan fingerprint density at radius 1 is 1.44 bits per heavy atom. The van der Waals surface area contributed by atoms with Gasteiger partial charge >= 0.3 is 0 Å². The molecule has 0 aromatic carbocycles. The molecule has 0 unspecified atom stereocenters. The van der Waals surface area contributed by atoms with Crippen molar-refractivity contribution in [2.24, 2.45) is 5.92 Å². The molecular weight excluding hydrogens is 231 g/mol. The molecule has 18 heavy (non-hydrogen) atoms. The Morgan fingerprint density at radius 2 is 2.17 bits per heavy atom. The van der Waals surface area contributed by atoms with E-state index in [-0.39, 0.29) is 5.82 Å². The third-order valence-corrected chi connectivity index (χ3v) is 3.75. The minimum Gasteiger partial charge on any atom is -0.389 e. The van der Waals surface area contributed by atoms with Crippen molar-refractivity contribution in [1.82, 2.24) is 10.3 Å². The van der Waals surface area contributed by atoms with Gasteiger partial charge in [0.1, 0.15) is 5.82 Å². The van der Waals surface area contributed by atoms with Gasteiger partial charge in [-0.25, -0.2) is 4.39 Å². The van der Waals surface area contributed by atoms with Crippen molar-refractivity contribution in [2.45, 2.75) is 44.8 Å². The molecule has 2 rings (SSSR count). The molecule has 1 aliphatic rings. The first-order valence-electron chi connectivity index (χ1n) is 6.60. The number of hydrogen-bond acceptors (Lipinski definition) is 3. The molecule has 1 aromatic heterocycles. The maximum absolute atomic E-state index is 12.9. The van der Waals surface area contributed by atoms with Crippen molar-refractivity contribution in [1.29, 1.82) is 0 Å². The van der Waals surface area contributed by atoms with E-state index in [1.807, 2.05) is 0 Å². The van der Waals surface area contributed by atoms with Gasteiger partial charge < -0.3 is 10.4 Å². The lowest BCUT2D eigenvalue weighted by atomic mass is 9.79. The summed E-state index contributed by atoms with van der Waals surface area (Å²) in [6.07, 6.45) is 6.70. The molecule has 0 aliphatic heterocycles. The second kappa shape index (κ2) is 5.76. The van der Waals surface area contributed by atoms with E-state index < -0.39 is 5.60 Å². The summed E-state index contributed by atoms with van der Waals surface area (Å²) in [6.45, 7) is 3.34. The molecule has 0 bridgehead atoms. The molecule has 0 saturated heterocycles. The Kier molecular flexibility index (Phi) is 4.30. The molecule has 1 saturated carbocycles. The van der Waals surface area contributed by atoms with Crippen LogP contribution in [0.1, 0.15) is 38.2 Å². The number of aliphatic hydroxyl groups is 1. The normalized spacial score (nSPS) is 28.3. The molecule has 1 aromatic rings. The average molecular weight is 252 g/mol. The average Bonchev–Trinajstić information content (AvgIpc) is 2.34. The van der Waals surface area contributed by atoms with E-state index in [0.717, 1.165) is 37.2 Å². The van der Waals surface area contributed by atoms with Crippen molar-refractivity contribution in [3.05, 3.63) is 29.8 Å². The summed E-state index contributed by atoms with van der Waals surface area (Å²) in [5.74, 6) is 0.400. The predicted octanol–water partition coefficient (Wildman–Crippen LogP) is 2.25. The largest absolute Gasteiger partial charge is 0.389 e. The van der Waals surface area contributed by atoms with Crippen LogP contribution in [-0.4, -0.2) is 22.2 Å². The van der Waals surface area contributed by atoms with Crippen molar-refractivity contribution < 1.29 is 9.50 Å². The molecule has 4 heteroatoms. The molecule has 0 radical (unpaired) electrons. The maximum atomic E-state index is 12.9. The first-order chi connectivity index (χ1) is 8.57. The van der Waals surface area contributed by atoms with E-state index in [2.05, 4.69) is 17.2 Å². The summed E-state index contributed by atoms with van der Waals surface area (Å²) in [4.78, 5) is 3.80. The zero-order valence-electron chi connectivity index (χ0n) is 10.8. The van der Waals surface area contributed by atoms with Crippen LogP contribution in [0.4, 0.5) is 4.39 Å². The Balaban J connectivity index is 1.78. The fraction of sp³-hybridized carbons (Fsp3) is 0.643. The number of rotatable bonds is 4. The molecule has 0 atom stereocenters. The van der Waals surface area contributed by atoms with E-state index in [4.69, 9.17) is 0 Å². The Labute approximate surface area is 107 Å². The van der Waals surface area contributed by atoms with E-state index in [9.17, 15) is 9.50 Å². The Morgan fingerprint density at radius 3 is 2.83 bits per heavy atom. The lowest BCUT2D eigenvalue weighted by molar-refractivity contribution is -0.00630. The first-order valence-corrected chi connectivity index (χ1v) is 6.60. The topological polar surface area (TPSA) is 45.1 Å². The van der Waals surface area contributed by atoms with Crippen molar-refractivity contribution in [3.8, 4) is 0 Å². The molecule has 1 heterocycles. The van der Waals surface area contributed by atoms with Crippen molar-refractivity contribution >= 4 is 0 Å². The van der Waals surface area contributed by atoms with Crippen LogP contribution in [0, 0.1) is 11.7 Å². The summed E-state index contributed by atoms with van der Waals surface area (Å²) < 4.78 is 12.9. The second-order valence-corrected chi connectivity index (χ2v) is 5.52. The number of halogens is 1. The zero-order chi connectivity index (χ0) is 13.0. The summed E-state index contributed by atoms with van der Waals surface area (Å²) in [5, 5.41) is 13.6. The molecular formula is C14H21FN2O. The third-order valence-electron chi connectivity index (χ3n) is 3.75. The summed E-state index contributed by atoms with van der Waals surface area (Å²) in [6, 6.07) is 1.47. The number of hydrogen-bond donors (Lipinski definition) is 2. The minimum absolute atomic E-state index is 0.320. The fourth-order valence-electron chi connectivity index (χ4n) is 2.47. The van der Waals surface area contributed by atoms with Crippen molar-refractivity contribution in [2.75, 3.05) is 6.54 Å². The third kappa shape index (κ3) is 3.75. The Hall–Kier alpha value is -1.00. The van der Waals surface area contributed by atoms with Gasteiger partial charge in [0.25, 0.3) is 0 Å². The van der Waals surface area contributed by atoms with E-state index in [1.54, 1.807) is 6.20 Å². The quantitative estimate of drug-likeness (QED) is 0.864. The predicted molar refractivity (Wildman–Crippen MR) is 68.5 cm³/mol.